The number of hydrogen-bond donors (Lipinski definition) is 0. The summed E-state index contributed by atoms with van der Waals surface area (Å²) in [6.07, 6.45) is 2.98. The number of benzene rings is 1. The third-order valence-electron chi connectivity index (χ3n) is 5.12. The largest absolute Gasteiger partial charge is 0.464 e. The van der Waals surface area contributed by atoms with Gasteiger partial charge in [0.25, 0.3) is 5.91 Å². The van der Waals surface area contributed by atoms with Crippen LogP contribution in [0.5, 0.6) is 0 Å². The number of furan rings is 1. The number of carbonyl (C=O) groups excluding carboxylic acids is 2. The number of amides is 2. The van der Waals surface area contributed by atoms with Crippen molar-refractivity contribution in [2.24, 2.45) is 0 Å². The molecule has 0 saturated carbocycles. The highest BCUT2D eigenvalue weighted by atomic mass is 32.1. The summed E-state index contributed by atoms with van der Waals surface area (Å²) in [6, 6.07) is 9.89. The van der Waals surface area contributed by atoms with Crippen molar-refractivity contribution in [2.75, 3.05) is 26.2 Å². The van der Waals surface area contributed by atoms with Crippen LogP contribution in [0.1, 0.15) is 27.7 Å². The van der Waals surface area contributed by atoms with Gasteiger partial charge in [-0.2, -0.15) is 0 Å². The van der Waals surface area contributed by atoms with Crippen molar-refractivity contribution in [1.29, 1.82) is 0 Å². The van der Waals surface area contributed by atoms with Gasteiger partial charge in [0.1, 0.15) is 5.58 Å². The van der Waals surface area contributed by atoms with E-state index in [1.165, 1.54) is 16.9 Å². The molecular formula is C21H22N2O3S. The number of thiophene rings is 1. The summed E-state index contributed by atoms with van der Waals surface area (Å²) in [7, 11) is 0. The second-order valence-corrected chi connectivity index (χ2v) is 7.72. The van der Waals surface area contributed by atoms with E-state index in [0.29, 0.717) is 32.6 Å². The minimum Gasteiger partial charge on any atom is -0.464 e. The minimum absolute atomic E-state index is 0.0599. The Balaban J connectivity index is 1.38. The van der Waals surface area contributed by atoms with Crippen LogP contribution in [-0.2, 0) is 17.6 Å². The minimum atomic E-state index is 0.0599. The van der Waals surface area contributed by atoms with Crippen molar-refractivity contribution in [2.45, 2.75) is 19.8 Å². The van der Waals surface area contributed by atoms with E-state index in [1.807, 2.05) is 39.4 Å². The van der Waals surface area contributed by atoms with Gasteiger partial charge in [0.2, 0.25) is 5.91 Å². The van der Waals surface area contributed by atoms with Crippen LogP contribution in [-0.4, -0.2) is 47.8 Å². The predicted octanol–water partition coefficient (Wildman–Crippen LogP) is 3.58. The molecule has 5 nitrogen and oxygen atoms in total. The number of nitrogens with zero attached hydrogens (tertiary/aromatic N) is 2. The van der Waals surface area contributed by atoms with E-state index in [1.54, 1.807) is 6.26 Å². The lowest BCUT2D eigenvalue weighted by molar-refractivity contribution is -0.131. The number of hydrogen-bond acceptors (Lipinski definition) is 4. The average molecular weight is 382 g/mol. The SMILES string of the molecule is CCc1ccc2c(CC(=O)N3CCN(C(=O)c4cccs4)CC3)coc2c1. The molecule has 1 aromatic carbocycles. The van der Waals surface area contributed by atoms with Gasteiger partial charge in [-0.15, -0.1) is 11.3 Å². The van der Waals surface area contributed by atoms with Gasteiger partial charge in [-0.3, -0.25) is 9.59 Å². The van der Waals surface area contributed by atoms with Gasteiger partial charge in [0.05, 0.1) is 17.6 Å². The number of aryl methyl sites for hydroxylation is 1. The maximum absolute atomic E-state index is 12.7. The number of rotatable bonds is 4. The third kappa shape index (κ3) is 3.62. The van der Waals surface area contributed by atoms with Crippen LogP contribution in [0.3, 0.4) is 0 Å². The van der Waals surface area contributed by atoms with Gasteiger partial charge >= 0.3 is 0 Å². The molecule has 0 spiro atoms. The predicted molar refractivity (Wildman–Crippen MR) is 106 cm³/mol. The maximum Gasteiger partial charge on any atom is 0.264 e. The molecule has 0 bridgehead atoms. The maximum atomic E-state index is 12.7. The Morgan fingerprint density at radius 3 is 2.59 bits per heavy atom. The molecule has 0 atom stereocenters. The summed E-state index contributed by atoms with van der Waals surface area (Å²) in [5, 5.41) is 2.91. The zero-order valence-corrected chi connectivity index (χ0v) is 16.1. The highest BCUT2D eigenvalue weighted by molar-refractivity contribution is 7.12. The monoisotopic (exact) mass is 382 g/mol. The molecule has 0 aliphatic carbocycles. The highest BCUT2D eigenvalue weighted by Crippen LogP contribution is 2.24. The fourth-order valence-electron chi connectivity index (χ4n) is 3.47. The van der Waals surface area contributed by atoms with E-state index >= 15 is 0 Å². The van der Waals surface area contributed by atoms with Crippen molar-refractivity contribution in [1.82, 2.24) is 9.80 Å². The Morgan fingerprint density at radius 2 is 1.89 bits per heavy atom. The Labute approximate surface area is 162 Å². The molecule has 1 aliphatic rings. The van der Waals surface area contributed by atoms with Crippen molar-refractivity contribution in [3.05, 3.63) is 58.0 Å². The van der Waals surface area contributed by atoms with Gasteiger partial charge in [-0.25, -0.2) is 0 Å². The Morgan fingerprint density at radius 1 is 1.11 bits per heavy atom. The quantitative estimate of drug-likeness (QED) is 0.693. The zero-order valence-electron chi connectivity index (χ0n) is 15.3. The molecule has 1 saturated heterocycles. The summed E-state index contributed by atoms with van der Waals surface area (Å²) >= 11 is 1.46. The zero-order chi connectivity index (χ0) is 18.8. The van der Waals surface area contributed by atoms with Crippen LogP contribution in [0, 0.1) is 0 Å². The Hall–Kier alpha value is -2.60. The van der Waals surface area contributed by atoms with Crippen LogP contribution in [0.2, 0.25) is 0 Å². The molecule has 1 aliphatic heterocycles. The Bertz CT molecular complexity index is 953. The lowest BCUT2D eigenvalue weighted by atomic mass is 10.1. The first-order chi connectivity index (χ1) is 13.2. The second-order valence-electron chi connectivity index (χ2n) is 6.77. The summed E-state index contributed by atoms with van der Waals surface area (Å²) in [6.45, 7) is 4.41. The lowest BCUT2D eigenvalue weighted by Gasteiger charge is -2.34. The molecule has 0 N–H and O–H groups in total. The van der Waals surface area contributed by atoms with Crippen molar-refractivity contribution >= 4 is 34.1 Å². The summed E-state index contributed by atoms with van der Waals surface area (Å²) in [5.41, 5.74) is 2.99. The normalized spacial score (nSPS) is 14.7. The van der Waals surface area contributed by atoms with E-state index in [9.17, 15) is 9.59 Å². The van der Waals surface area contributed by atoms with E-state index in [-0.39, 0.29) is 11.8 Å². The van der Waals surface area contributed by atoms with Crippen molar-refractivity contribution < 1.29 is 14.0 Å². The van der Waals surface area contributed by atoms with E-state index in [2.05, 4.69) is 13.0 Å². The standard InChI is InChI=1S/C21H22N2O3S/c1-2-15-5-6-17-16(14-26-18(17)12-15)13-20(24)22-7-9-23(10-8-22)21(25)19-4-3-11-27-19/h3-6,11-12,14H,2,7-10,13H2,1H3. The number of fused-ring (bicyclic) bond motifs is 1. The van der Waals surface area contributed by atoms with Gasteiger partial charge < -0.3 is 14.2 Å². The molecule has 0 unspecified atom stereocenters. The summed E-state index contributed by atoms with van der Waals surface area (Å²) in [4.78, 5) is 29.6. The van der Waals surface area contributed by atoms with E-state index < -0.39 is 0 Å². The molecule has 6 heteroatoms. The van der Waals surface area contributed by atoms with Crippen molar-refractivity contribution in [3.63, 3.8) is 0 Å². The third-order valence-corrected chi connectivity index (χ3v) is 5.98. The molecule has 4 rings (SSSR count). The average Bonchev–Trinajstić information content (AvgIpc) is 3.37. The first-order valence-corrected chi connectivity index (χ1v) is 10.1. The molecule has 140 valence electrons. The molecular weight excluding hydrogens is 360 g/mol. The fraction of sp³-hybridized carbons (Fsp3) is 0.333. The molecule has 3 aromatic rings. The van der Waals surface area contributed by atoms with Crippen molar-refractivity contribution in [3.8, 4) is 0 Å². The Kier molecular flexibility index (Phi) is 4.99. The summed E-state index contributed by atoms with van der Waals surface area (Å²) in [5.74, 6) is 0.144. The molecule has 27 heavy (non-hydrogen) atoms. The lowest BCUT2D eigenvalue weighted by Crippen LogP contribution is -2.50. The van der Waals surface area contributed by atoms with Gasteiger partial charge in [-0.1, -0.05) is 25.1 Å². The molecule has 2 aromatic heterocycles. The molecule has 1 fully saturated rings. The molecule has 3 heterocycles. The number of piperazine rings is 1. The van der Waals surface area contributed by atoms with Gasteiger partial charge in [-0.05, 0) is 29.5 Å². The second kappa shape index (κ2) is 7.56. The highest BCUT2D eigenvalue weighted by Gasteiger charge is 2.25. The smallest absolute Gasteiger partial charge is 0.264 e. The van der Waals surface area contributed by atoms with Crippen LogP contribution in [0.15, 0.2) is 46.4 Å². The topological polar surface area (TPSA) is 53.8 Å². The van der Waals surface area contributed by atoms with Crippen LogP contribution < -0.4 is 0 Å². The van der Waals surface area contributed by atoms with E-state index in [0.717, 1.165) is 27.8 Å². The number of carbonyl (C=O) groups is 2. The molecule has 0 radical (unpaired) electrons. The molecule has 2 amide bonds. The van der Waals surface area contributed by atoms with Gasteiger partial charge in [0, 0.05) is 37.1 Å². The van der Waals surface area contributed by atoms with Crippen LogP contribution in [0.4, 0.5) is 0 Å². The summed E-state index contributed by atoms with van der Waals surface area (Å²) < 4.78 is 5.65. The fourth-order valence-corrected chi connectivity index (χ4v) is 4.16. The van der Waals surface area contributed by atoms with E-state index in [4.69, 9.17) is 4.42 Å². The van der Waals surface area contributed by atoms with Crippen LogP contribution in [0.25, 0.3) is 11.0 Å². The van der Waals surface area contributed by atoms with Crippen LogP contribution >= 0.6 is 11.3 Å². The first kappa shape index (κ1) is 17.8. The first-order valence-electron chi connectivity index (χ1n) is 9.25. The van der Waals surface area contributed by atoms with Gasteiger partial charge in [0.15, 0.2) is 0 Å².